The summed E-state index contributed by atoms with van der Waals surface area (Å²) in [7, 11) is 0. The first-order valence-electron chi connectivity index (χ1n) is 5.61. The van der Waals surface area contributed by atoms with Crippen LogP contribution in [0.3, 0.4) is 0 Å². The fourth-order valence-electron chi connectivity index (χ4n) is 1.68. The number of rotatable bonds is 4. The van der Waals surface area contributed by atoms with Gasteiger partial charge in [-0.1, -0.05) is 12.1 Å². The molecule has 0 aliphatic carbocycles. The predicted octanol–water partition coefficient (Wildman–Crippen LogP) is 3.26. The molecule has 0 aliphatic heterocycles. The highest BCUT2D eigenvalue weighted by molar-refractivity contribution is 5.39. The highest BCUT2D eigenvalue weighted by Gasteiger charge is 2.09. The molecule has 0 heterocycles. The van der Waals surface area contributed by atoms with E-state index < -0.39 is 5.82 Å². The van der Waals surface area contributed by atoms with Crippen LogP contribution in [0.4, 0.5) is 8.78 Å². The first kappa shape index (κ1) is 12.5. The van der Waals surface area contributed by atoms with E-state index in [2.05, 4.69) is 0 Å². The van der Waals surface area contributed by atoms with E-state index in [4.69, 9.17) is 10.5 Å². The SMILES string of the molecule is NCCc1c(F)cccc1Oc1cccc(F)c1. The molecular weight excluding hydrogens is 236 g/mol. The Balaban J connectivity index is 2.31. The number of benzene rings is 2. The largest absolute Gasteiger partial charge is 0.457 e. The lowest BCUT2D eigenvalue weighted by Crippen LogP contribution is -2.06. The Morgan fingerprint density at radius 2 is 1.83 bits per heavy atom. The average molecular weight is 249 g/mol. The van der Waals surface area contributed by atoms with Crippen molar-refractivity contribution < 1.29 is 13.5 Å². The molecule has 2 rings (SSSR count). The van der Waals surface area contributed by atoms with Gasteiger partial charge < -0.3 is 10.5 Å². The molecule has 0 aromatic heterocycles. The number of nitrogens with two attached hydrogens (primary N) is 1. The molecule has 0 bridgehead atoms. The smallest absolute Gasteiger partial charge is 0.133 e. The van der Waals surface area contributed by atoms with Crippen molar-refractivity contribution in [3.05, 3.63) is 59.7 Å². The van der Waals surface area contributed by atoms with Gasteiger partial charge in [-0.3, -0.25) is 0 Å². The van der Waals surface area contributed by atoms with Gasteiger partial charge in [-0.25, -0.2) is 8.78 Å². The van der Waals surface area contributed by atoms with Crippen LogP contribution >= 0.6 is 0 Å². The summed E-state index contributed by atoms with van der Waals surface area (Å²) >= 11 is 0. The maximum absolute atomic E-state index is 13.6. The molecule has 0 unspecified atom stereocenters. The lowest BCUT2D eigenvalue weighted by Gasteiger charge is -2.11. The summed E-state index contributed by atoms with van der Waals surface area (Å²) < 4.78 is 32.1. The van der Waals surface area contributed by atoms with Gasteiger partial charge in [-0.2, -0.15) is 0 Å². The summed E-state index contributed by atoms with van der Waals surface area (Å²) in [4.78, 5) is 0. The third-order valence-electron chi connectivity index (χ3n) is 2.49. The summed E-state index contributed by atoms with van der Waals surface area (Å²) in [5.74, 6) is -0.0662. The highest BCUT2D eigenvalue weighted by Crippen LogP contribution is 2.27. The lowest BCUT2D eigenvalue weighted by atomic mass is 10.1. The van der Waals surface area contributed by atoms with E-state index in [1.807, 2.05) is 0 Å². The van der Waals surface area contributed by atoms with Crippen molar-refractivity contribution in [2.75, 3.05) is 6.54 Å². The summed E-state index contributed by atoms with van der Waals surface area (Å²) in [5, 5.41) is 0. The van der Waals surface area contributed by atoms with Crippen molar-refractivity contribution in [2.24, 2.45) is 5.73 Å². The molecule has 0 spiro atoms. The Morgan fingerprint density at radius 3 is 2.56 bits per heavy atom. The van der Waals surface area contributed by atoms with Crippen LogP contribution in [-0.2, 0) is 6.42 Å². The highest BCUT2D eigenvalue weighted by atomic mass is 19.1. The van der Waals surface area contributed by atoms with Crippen LogP contribution < -0.4 is 10.5 Å². The van der Waals surface area contributed by atoms with Crippen LogP contribution in [0, 0.1) is 11.6 Å². The quantitative estimate of drug-likeness (QED) is 0.902. The molecule has 0 atom stereocenters. The van der Waals surface area contributed by atoms with E-state index in [0.29, 0.717) is 30.0 Å². The van der Waals surface area contributed by atoms with Crippen LogP contribution in [0.1, 0.15) is 5.56 Å². The number of ether oxygens (including phenoxy) is 1. The minimum Gasteiger partial charge on any atom is -0.457 e. The van der Waals surface area contributed by atoms with Crippen LogP contribution in [0.2, 0.25) is 0 Å². The molecule has 18 heavy (non-hydrogen) atoms. The van der Waals surface area contributed by atoms with Crippen molar-refractivity contribution in [1.82, 2.24) is 0 Å². The van der Waals surface area contributed by atoms with E-state index >= 15 is 0 Å². The fraction of sp³-hybridized carbons (Fsp3) is 0.143. The second kappa shape index (κ2) is 5.60. The van der Waals surface area contributed by atoms with Crippen LogP contribution in [0.15, 0.2) is 42.5 Å². The fourth-order valence-corrected chi connectivity index (χ4v) is 1.68. The Labute approximate surface area is 104 Å². The van der Waals surface area contributed by atoms with Crippen molar-refractivity contribution in [3.8, 4) is 11.5 Å². The molecule has 2 aromatic rings. The predicted molar refractivity (Wildman–Crippen MR) is 65.6 cm³/mol. The lowest BCUT2D eigenvalue weighted by molar-refractivity contribution is 0.462. The molecule has 0 radical (unpaired) electrons. The van der Waals surface area contributed by atoms with Crippen molar-refractivity contribution in [2.45, 2.75) is 6.42 Å². The Kier molecular flexibility index (Phi) is 3.89. The second-order valence-corrected chi connectivity index (χ2v) is 3.81. The van der Waals surface area contributed by atoms with Gasteiger partial charge >= 0.3 is 0 Å². The molecule has 0 fully saturated rings. The zero-order chi connectivity index (χ0) is 13.0. The van der Waals surface area contributed by atoms with Gasteiger partial charge in [0.1, 0.15) is 23.1 Å². The summed E-state index contributed by atoms with van der Waals surface area (Å²) in [6.45, 7) is 0.320. The Morgan fingerprint density at radius 1 is 1.06 bits per heavy atom. The second-order valence-electron chi connectivity index (χ2n) is 3.81. The van der Waals surface area contributed by atoms with Gasteiger partial charge in [0.25, 0.3) is 0 Å². The Bertz CT molecular complexity index is 543. The van der Waals surface area contributed by atoms with Crippen molar-refractivity contribution in [3.63, 3.8) is 0 Å². The van der Waals surface area contributed by atoms with E-state index in [1.165, 1.54) is 24.3 Å². The summed E-state index contributed by atoms with van der Waals surface area (Å²) in [6.07, 6.45) is 0.372. The molecule has 0 amide bonds. The first-order valence-corrected chi connectivity index (χ1v) is 5.61. The van der Waals surface area contributed by atoms with E-state index in [-0.39, 0.29) is 5.82 Å². The molecular formula is C14H13F2NO. The monoisotopic (exact) mass is 249 g/mol. The normalized spacial score (nSPS) is 10.4. The van der Waals surface area contributed by atoms with Crippen LogP contribution in [0.5, 0.6) is 11.5 Å². The van der Waals surface area contributed by atoms with E-state index in [9.17, 15) is 8.78 Å². The van der Waals surface area contributed by atoms with E-state index in [0.717, 1.165) is 0 Å². The third kappa shape index (κ3) is 2.84. The molecule has 4 heteroatoms. The molecule has 0 aliphatic rings. The Hall–Kier alpha value is -1.94. The maximum atomic E-state index is 13.6. The molecule has 2 nitrogen and oxygen atoms in total. The summed E-state index contributed by atoms with van der Waals surface area (Å²) in [5.41, 5.74) is 5.84. The summed E-state index contributed by atoms with van der Waals surface area (Å²) in [6, 6.07) is 10.2. The van der Waals surface area contributed by atoms with Crippen molar-refractivity contribution >= 4 is 0 Å². The molecule has 2 aromatic carbocycles. The maximum Gasteiger partial charge on any atom is 0.133 e. The zero-order valence-corrected chi connectivity index (χ0v) is 9.70. The standard InChI is InChI=1S/C14H13F2NO/c15-10-3-1-4-11(9-10)18-14-6-2-5-13(16)12(14)7-8-17/h1-6,9H,7-8,17H2. The van der Waals surface area contributed by atoms with Gasteiger partial charge in [0.2, 0.25) is 0 Å². The van der Waals surface area contributed by atoms with Gasteiger partial charge in [0.15, 0.2) is 0 Å². The first-order chi connectivity index (χ1) is 8.70. The third-order valence-corrected chi connectivity index (χ3v) is 2.49. The average Bonchev–Trinajstić information content (AvgIpc) is 2.34. The van der Waals surface area contributed by atoms with Gasteiger partial charge in [-0.05, 0) is 37.2 Å². The van der Waals surface area contributed by atoms with Gasteiger partial charge in [0, 0.05) is 11.6 Å². The minimum absolute atomic E-state index is 0.320. The number of hydrogen-bond acceptors (Lipinski definition) is 2. The molecule has 0 saturated heterocycles. The minimum atomic E-state index is -0.399. The van der Waals surface area contributed by atoms with Crippen LogP contribution in [-0.4, -0.2) is 6.54 Å². The van der Waals surface area contributed by atoms with E-state index in [1.54, 1.807) is 18.2 Å². The van der Waals surface area contributed by atoms with Crippen molar-refractivity contribution in [1.29, 1.82) is 0 Å². The molecule has 2 N–H and O–H groups in total. The van der Waals surface area contributed by atoms with Gasteiger partial charge in [-0.15, -0.1) is 0 Å². The zero-order valence-electron chi connectivity index (χ0n) is 9.70. The van der Waals surface area contributed by atoms with Gasteiger partial charge in [0.05, 0.1) is 0 Å². The van der Waals surface area contributed by atoms with Crippen LogP contribution in [0.25, 0.3) is 0 Å². The molecule has 94 valence electrons. The number of hydrogen-bond donors (Lipinski definition) is 1. The molecule has 0 saturated carbocycles. The number of halogens is 2. The topological polar surface area (TPSA) is 35.2 Å².